The Kier molecular flexibility index (Phi) is 5.44. The topological polar surface area (TPSA) is 68.0 Å². The van der Waals surface area contributed by atoms with Crippen molar-refractivity contribution in [3.05, 3.63) is 36.4 Å². The summed E-state index contributed by atoms with van der Waals surface area (Å²) < 4.78 is 3.68. The highest BCUT2D eigenvalue weighted by Gasteiger charge is 2.29. The molecule has 1 N–H and O–H groups in total. The predicted molar refractivity (Wildman–Crippen MR) is 94.8 cm³/mol. The van der Waals surface area contributed by atoms with Gasteiger partial charge in [-0.3, -0.25) is 9.36 Å². The fraction of sp³-hybridized carbons (Fsp3) is 0.562. The number of carbonyl (C=O) groups excluding carboxylic acids is 1. The molecule has 0 bridgehead atoms. The first kappa shape index (κ1) is 16.9. The Bertz CT molecular complexity index is 655. The molecule has 0 saturated carbocycles. The monoisotopic (exact) mass is 348 g/mol. The summed E-state index contributed by atoms with van der Waals surface area (Å²) in [6.45, 7) is 4.33. The highest BCUT2D eigenvalue weighted by Crippen LogP contribution is 2.29. The lowest BCUT2D eigenvalue weighted by atomic mass is 10.1. The third kappa shape index (κ3) is 4.11. The maximum atomic E-state index is 12.7. The van der Waals surface area contributed by atoms with E-state index in [2.05, 4.69) is 22.4 Å². The van der Waals surface area contributed by atoms with E-state index in [1.54, 1.807) is 10.9 Å². The maximum absolute atomic E-state index is 12.7. The molecule has 0 spiro atoms. The average molecular weight is 348 g/mol. The number of hydrogen-bond donors (Lipinski definition) is 1. The van der Waals surface area contributed by atoms with Gasteiger partial charge in [0.25, 0.3) is 0 Å². The van der Waals surface area contributed by atoms with E-state index >= 15 is 0 Å². The van der Waals surface area contributed by atoms with Gasteiger partial charge in [-0.15, -0.1) is 0 Å². The van der Waals surface area contributed by atoms with Gasteiger partial charge in [0.15, 0.2) is 0 Å². The van der Waals surface area contributed by atoms with Gasteiger partial charge in [0.2, 0.25) is 0 Å². The molecule has 2 atom stereocenters. The minimum absolute atomic E-state index is 0.0106. The lowest BCUT2D eigenvalue weighted by molar-refractivity contribution is 0.180. The molecule has 3 heterocycles. The van der Waals surface area contributed by atoms with Crippen LogP contribution < -0.4 is 5.32 Å². The average Bonchev–Trinajstić information content (AvgIpc) is 3.24. The second kappa shape index (κ2) is 7.74. The zero-order valence-corrected chi connectivity index (χ0v) is 14.9. The lowest BCUT2D eigenvalue weighted by Crippen LogP contribution is -2.47. The highest BCUT2D eigenvalue weighted by molar-refractivity contribution is 7.99. The Hall–Kier alpha value is -1.96. The molecule has 24 heavy (non-hydrogen) atoms. The molecule has 2 aromatic heterocycles. The minimum Gasteiger partial charge on any atom is -0.338 e. The SMILES string of the molecule is CC(CNC(=O)N1CCSCC1c1cnn(C)c1)Cn1cccn1. The zero-order chi connectivity index (χ0) is 16.9. The van der Waals surface area contributed by atoms with Gasteiger partial charge in [-0.25, -0.2) is 4.79 Å². The number of urea groups is 1. The number of hydrogen-bond acceptors (Lipinski definition) is 4. The van der Waals surface area contributed by atoms with Crippen LogP contribution in [0.2, 0.25) is 0 Å². The Morgan fingerprint density at radius 1 is 1.50 bits per heavy atom. The zero-order valence-electron chi connectivity index (χ0n) is 14.1. The van der Waals surface area contributed by atoms with Crippen molar-refractivity contribution in [2.24, 2.45) is 13.0 Å². The number of nitrogens with one attached hydrogen (secondary N) is 1. The van der Waals surface area contributed by atoms with Crippen molar-refractivity contribution in [3.8, 4) is 0 Å². The van der Waals surface area contributed by atoms with E-state index in [9.17, 15) is 4.79 Å². The third-order valence-electron chi connectivity index (χ3n) is 4.16. The van der Waals surface area contributed by atoms with Gasteiger partial charge in [0.1, 0.15) is 0 Å². The van der Waals surface area contributed by atoms with Crippen LogP contribution in [0.15, 0.2) is 30.9 Å². The predicted octanol–water partition coefficient (Wildman–Crippen LogP) is 1.75. The quantitative estimate of drug-likeness (QED) is 0.894. The Balaban J connectivity index is 1.56. The van der Waals surface area contributed by atoms with Crippen LogP contribution >= 0.6 is 11.8 Å². The second-order valence-corrected chi connectivity index (χ2v) is 7.40. The van der Waals surface area contributed by atoms with Crippen LogP contribution in [0.1, 0.15) is 18.5 Å². The van der Waals surface area contributed by atoms with Gasteiger partial charge >= 0.3 is 6.03 Å². The summed E-state index contributed by atoms with van der Waals surface area (Å²) in [7, 11) is 1.90. The molecular formula is C16H24N6OS. The number of amides is 2. The molecule has 1 fully saturated rings. The highest BCUT2D eigenvalue weighted by atomic mass is 32.2. The van der Waals surface area contributed by atoms with E-state index in [0.29, 0.717) is 12.5 Å². The van der Waals surface area contributed by atoms with Crippen molar-refractivity contribution < 1.29 is 4.79 Å². The molecule has 1 aliphatic rings. The number of rotatable bonds is 5. The van der Waals surface area contributed by atoms with E-state index in [1.165, 1.54) is 0 Å². The Labute approximate surface area is 146 Å². The molecular weight excluding hydrogens is 324 g/mol. The van der Waals surface area contributed by atoms with Gasteiger partial charge in [-0.1, -0.05) is 6.92 Å². The summed E-state index contributed by atoms with van der Waals surface area (Å²) in [4.78, 5) is 14.6. The third-order valence-corrected chi connectivity index (χ3v) is 5.18. The van der Waals surface area contributed by atoms with Crippen LogP contribution in [0.5, 0.6) is 0 Å². The summed E-state index contributed by atoms with van der Waals surface area (Å²) in [5.74, 6) is 2.22. The van der Waals surface area contributed by atoms with Crippen LogP contribution in [0.25, 0.3) is 0 Å². The molecule has 2 amide bonds. The van der Waals surface area contributed by atoms with E-state index < -0.39 is 0 Å². The van der Waals surface area contributed by atoms with Gasteiger partial charge in [0.05, 0.1) is 12.2 Å². The number of aromatic nitrogens is 4. The maximum Gasteiger partial charge on any atom is 0.317 e. The van der Waals surface area contributed by atoms with E-state index in [-0.39, 0.29) is 12.1 Å². The summed E-state index contributed by atoms with van der Waals surface area (Å²) in [5.41, 5.74) is 1.10. The lowest BCUT2D eigenvalue weighted by Gasteiger charge is -2.35. The van der Waals surface area contributed by atoms with Crippen LogP contribution in [0, 0.1) is 5.92 Å². The summed E-state index contributed by atoms with van der Waals surface area (Å²) >= 11 is 1.89. The fourth-order valence-corrected chi connectivity index (χ4v) is 3.98. The molecule has 1 saturated heterocycles. The second-order valence-electron chi connectivity index (χ2n) is 6.25. The van der Waals surface area contributed by atoms with Crippen molar-refractivity contribution in [1.29, 1.82) is 0 Å². The van der Waals surface area contributed by atoms with Gasteiger partial charge in [-0.2, -0.15) is 22.0 Å². The van der Waals surface area contributed by atoms with Crippen LogP contribution in [-0.2, 0) is 13.6 Å². The van der Waals surface area contributed by atoms with Crippen LogP contribution in [0.3, 0.4) is 0 Å². The molecule has 8 heteroatoms. The first-order valence-corrected chi connectivity index (χ1v) is 9.37. The van der Waals surface area contributed by atoms with Gasteiger partial charge < -0.3 is 10.2 Å². The Morgan fingerprint density at radius 2 is 2.38 bits per heavy atom. The van der Waals surface area contributed by atoms with Crippen LogP contribution in [0.4, 0.5) is 4.79 Å². The van der Waals surface area contributed by atoms with Crippen molar-refractivity contribution >= 4 is 17.8 Å². The minimum atomic E-state index is 0.0106. The fourth-order valence-electron chi connectivity index (χ4n) is 2.89. The van der Waals surface area contributed by atoms with Gasteiger partial charge in [0, 0.05) is 62.3 Å². The van der Waals surface area contributed by atoms with E-state index in [4.69, 9.17) is 0 Å². The molecule has 0 aliphatic carbocycles. The Morgan fingerprint density at radius 3 is 3.08 bits per heavy atom. The van der Waals surface area contributed by atoms with Crippen LogP contribution in [-0.4, -0.2) is 55.1 Å². The van der Waals surface area contributed by atoms with Gasteiger partial charge in [-0.05, 0) is 12.0 Å². The van der Waals surface area contributed by atoms with E-state index in [0.717, 1.165) is 30.2 Å². The molecule has 7 nitrogen and oxygen atoms in total. The number of aryl methyl sites for hydroxylation is 1. The van der Waals surface area contributed by atoms with Crippen molar-refractivity contribution in [2.45, 2.75) is 19.5 Å². The number of carbonyl (C=O) groups is 1. The van der Waals surface area contributed by atoms with Crippen molar-refractivity contribution in [1.82, 2.24) is 29.8 Å². The molecule has 0 radical (unpaired) electrons. The first-order valence-electron chi connectivity index (χ1n) is 8.21. The van der Waals surface area contributed by atoms with Crippen molar-refractivity contribution in [3.63, 3.8) is 0 Å². The molecule has 130 valence electrons. The molecule has 2 aromatic rings. The molecule has 2 unspecified atom stereocenters. The smallest absolute Gasteiger partial charge is 0.317 e. The molecule has 0 aromatic carbocycles. The van der Waals surface area contributed by atoms with Crippen molar-refractivity contribution in [2.75, 3.05) is 24.6 Å². The standard InChI is InChI=1S/C16H24N6OS/c1-13(10-21-5-3-4-18-21)8-17-16(23)22-6-7-24-12-15(22)14-9-19-20(2)11-14/h3-5,9,11,13,15H,6-8,10,12H2,1-2H3,(H,17,23). The summed E-state index contributed by atoms with van der Waals surface area (Å²) in [6, 6.07) is 2.02. The number of thioether (sulfide) groups is 1. The number of nitrogens with zero attached hydrogens (tertiary/aromatic N) is 5. The summed E-state index contributed by atoms with van der Waals surface area (Å²) in [5, 5.41) is 11.5. The normalized spacial score (nSPS) is 19.2. The largest absolute Gasteiger partial charge is 0.338 e. The summed E-state index contributed by atoms with van der Waals surface area (Å²) in [6.07, 6.45) is 7.57. The van der Waals surface area contributed by atoms with E-state index in [1.807, 2.05) is 53.0 Å². The molecule has 3 rings (SSSR count). The first-order chi connectivity index (χ1) is 11.6. The molecule has 1 aliphatic heterocycles.